The molecule has 1 aromatic heterocycles. The van der Waals surface area contributed by atoms with Crippen LogP contribution in [0.1, 0.15) is 28.8 Å². The Balaban J connectivity index is 1.49. The molecule has 1 aliphatic rings. The van der Waals surface area contributed by atoms with E-state index in [0.717, 1.165) is 48.1 Å². The van der Waals surface area contributed by atoms with Crippen molar-refractivity contribution in [3.63, 3.8) is 0 Å². The number of benzene rings is 1. The van der Waals surface area contributed by atoms with Gasteiger partial charge in [0.2, 0.25) is 0 Å². The van der Waals surface area contributed by atoms with Crippen molar-refractivity contribution in [3.05, 3.63) is 56.4 Å². The molecular weight excluding hydrogens is 379 g/mol. The highest BCUT2D eigenvalue weighted by Crippen LogP contribution is 2.22. The molecule has 0 aliphatic carbocycles. The van der Waals surface area contributed by atoms with E-state index in [1.54, 1.807) is 0 Å². The lowest BCUT2D eigenvalue weighted by Crippen LogP contribution is -2.44. The SMILES string of the molecule is O=C(NC1CCN(Cc2ccc(F)cc2Br)CC1)c1ccsc1. The molecule has 3 rings (SSSR count). The minimum atomic E-state index is -0.226. The summed E-state index contributed by atoms with van der Waals surface area (Å²) < 4.78 is 13.9. The Bertz CT molecular complexity index is 669. The molecular formula is C17H18BrFN2OS. The summed E-state index contributed by atoms with van der Waals surface area (Å²) in [5, 5.41) is 6.89. The fraction of sp³-hybridized carbons (Fsp3) is 0.353. The van der Waals surface area contributed by atoms with E-state index in [1.807, 2.05) is 22.9 Å². The zero-order valence-electron chi connectivity index (χ0n) is 12.6. The second-order valence-corrected chi connectivity index (χ2v) is 7.41. The van der Waals surface area contributed by atoms with Crippen molar-refractivity contribution < 1.29 is 9.18 Å². The van der Waals surface area contributed by atoms with Crippen molar-refractivity contribution in [2.75, 3.05) is 13.1 Å². The lowest BCUT2D eigenvalue weighted by atomic mass is 10.0. The molecule has 1 fully saturated rings. The molecule has 1 N–H and O–H groups in total. The van der Waals surface area contributed by atoms with E-state index in [1.165, 1.54) is 23.5 Å². The maximum Gasteiger partial charge on any atom is 0.252 e. The molecule has 122 valence electrons. The molecule has 0 bridgehead atoms. The number of rotatable bonds is 4. The van der Waals surface area contributed by atoms with Gasteiger partial charge in [0.25, 0.3) is 5.91 Å². The van der Waals surface area contributed by atoms with Crippen LogP contribution in [0, 0.1) is 5.82 Å². The van der Waals surface area contributed by atoms with E-state index >= 15 is 0 Å². The second kappa shape index (κ2) is 7.55. The number of hydrogen-bond donors (Lipinski definition) is 1. The summed E-state index contributed by atoms with van der Waals surface area (Å²) in [6, 6.07) is 6.90. The predicted molar refractivity (Wildman–Crippen MR) is 94.2 cm³/mol. The number of piperidine rings is 1. The fourth-order valence-corrected chi connectivity index (χ4v) is 3.90. The molecule has 0 atom stereocenters. The topological polar surface area (TPSA) is 32.3 Å². The number of carbonyl (C=O) groups excluding carboxylic acids is 1. The first-order valence-corrected chi connectivity index (χ1v) is 9.35. The maximum atomic E-state index is 13.1. The third-order valence-corrected chi connectivity index (χ3v) is 5.54. The van der Waals surface area contributed by atoms with Gasteiger partial charge in [0.05, 0.1) is 0 Å². The van der Waals surface area contributed by atoms with Gasteiger partial charge in [0, 0.05) is 41.1 Å². The van der Waals surface area contributed by atoms with Crippen LogP contribution in [-0.2, 0) is 6.54 Å². The van der Waals surface area contributed by atoms with Crippen LogP contribution in [0.5, 0.6) is 0 Å². The Morgan fingerprint density at radius 3 is 2.78 bits per heavy atom. The van der Waals surface area contributed by atoms with E-state index < -0.39 is 0 Å². The van der Waals surface area contributed by atoms with Gasteiger partial charge in [-0.2, -0.15) is 11.3 Å². The van der Waals surface area contributed by atoms with E-state index in [4.69, 9.17) is 0 Å². The predicted octanol–water partition coefficient (Wildman–Crippen LogP) is 4.04. The number of thiophene rings is 1. The summed E-state index contributed by atoms with van der Waals surface area (Å²) in [5.41, 5.74) is 1.83. The summed E-state index contributed by atoms with van der Waals surface area (Å²) in [4.78, 5) is 14.4. The Hall–Kier alpha value is -1.24. The summed E-state index contributed by atoms with van der Waals surface area (Å²) >= 11 is 4.95. The molecule has 2 aromatic rings. The Labute approximate surface area is 147 Å². The van der Waals surface area contributed by atoms with E-state index in [2.05, 4.69) is 26.1 Å². The average molecular weight is 397 g/mol. The lowest BCUT2D eigenvalue weighted by Gasteiger charge is -2.32. The monoisotopic (exact) mass is 396 g/mol. The van der Waals surface area contributed by atoms with Crippen LogP contribution in [0.3, 0.4) is 0 Å². The van der Waals surface area contributed by atoms with Gasteiger partial charge in [0.1, 0.15) is 5.82 Å². The first-order chi connectivity index (χ1) is 11.1. The van der Waals surface area contributed by atoms with Gasteiger partial charge >= 0.3 is 0 Å². The van der Waals surface area contributed by atoms with Crippen molar-refractivity contribution in [2.24, 2.45) is 0 Å². The number of halogens is 2. The van der Waals surface area contributed by atoms with Crippen molar-refractivity contribution >= 4 is 33.2 Å². The summed E-state index contributed by atoms with van der Waals surface area (Å²) in [6.07, 6.45) is 1.88. The van der Waals surface area contributed by atoms with Crippen LogP contribution in [0.15, 0.2) is 39.5 Å². The van der Waals surface area contributed by atoms with Crippen molar-refractivity contribution in [1.82, 2.24) is 10.2 Å². The minimum absolute atomic E-state index is 0.0194. The van der Waals surface area contributed by atoms with Gasteiger partial charge in [-0.05, 0) is 42.0 Å². The first-order valence-electron chi connectivity index (χ1n) is 7.61. The maximum absolute atomic E-state index is 13.1. The van der Waals surface area contributed by atoms with Crippen LogP contribution < -0.4 is 5.32 Å². The van der Waals surface area contributed by atoms with Crippen LogP contribution >= 0.6 is 27.3 Å². The van der Waals surface area contributed by atoms with Crippen LogP contribution in [0.2, 0.25) is 0 Å². The van der Waals surface area contributed by atoms with Gasteiger partial charge in [-0.3, -0.25) is 9.69 Å². The smallest absolute Gasteiger partial charge is 0.252 e. The third-order valence-electron chi connectivity index (χ3n) is 4.12. The number of hydrogen-bond acceptors (Lipinski definition) is 3. The molecule has 2 heterocycles. The highest BCUT2D eigenvalue weighted by molar-refractivity contribution is 9.10. The largest absolute Gasteiger partial charge is 0.349 e. The standard InChI is InChI=1S/C17H18BrFN2OS/c18-16-9-14(19)2-1-12(16)10-21-6-3-15(4-7-21)20-17(22)13-5-8-23-11-13/h1-2,5,8-9,11,15H,3-4,6-7,10H2,(H,20,22). The van der Waals surface area contributed by atoms with Gasteiger partial charge in [0.15, 0.2) is 0 Å². The average Bonchev–Trinajstić information content (AvgIpc) is 3.06. The highest BCUT2D eigenvalue weighted by Gasteiger charge is 2.21. The van der Waals surface area contributed by atoms with Crippen molar-refractivity contribution in [2.45, 2.75) is 25.4 Å². The van der Waals surface area contributed by atoms with Gasteiger partial charge in [-0.25, -0.2) is 4.39 Å². The molecule has 1 amide bonds. The third kappa shape index (κ3) is 4.40. The quantitative estimate of drug-likeness (QED) is 0.845. The fourth-order valence-electron chi connectivity index (χ4n) is 2.79. The number of carbonyl (C=O) groups is 1. The Morgan fingerprint density at radius 2 is 2.13 bits per heavy atom. The summed E-state index contributed by atoms with van der Waals surface area (Å²) in [6.45, 7) is 2.66. The van der Waals surface area contributed by atoms with E-state index in [0.29, 0.717) is 0 Å². The molecule has 0 saturated carbocycles. The Kier molecular flexibility index (Phi) is 5.46. The molecule has 6 heteroatoms. The zero-order chi connectivity index (χ0) is 16.2. The van der Waals surface area contributed by atoms with Crippen LogP contribution in [0.4, 0.5) is 4.39 Å². The van der Waals surface area contributed by atoms with Crippen LogP contribution in [-0.4, -0.2) is 29.9 Å². The van der Waals surface area contributed by atoms with Crippen LogP contribution in [0.25, 0.3) is 0 Å². The normalized spacial score (nSPS) is 16.4. The number of nitrogens with zero attached hydrogens (tertiary/aromatic N) is 1. The highest BCUT2D eigenvalue weighted by atomic mass is 79.9. The number of amides is 1. The van der Waals surface area contributed by atoms with Gasteiger partial charge in [-0.15, -0.1) is 0 Å². The Morgan fingerprint density at radius 1 is 1.35 bits per heavy atom. The molecule has 1 aliphatic heterocycles. The van der Waals surface area contributed by atoms with Crippen molar-refractivity contribution in [3.8, 4) is 0 Å². The lowest BCUT2D eigenvalue weighted by molar-refractivity contribution is 0.0909. The molecule has 0 radical (unpaired) electrons. The van der Waals surface area contributed by atoms with E-state index in [9.17, 15) is 9.18 Å². The minimum Gasteiger partial charge on any atom is -0.349 e. The molecule has 0 spiro atoms. The first kappa shape index (κ1) is 16.6. The molecule has 3 nitrogen and oxygen atoms in total. The zero-order valence-corrected chi connectivity index (χ0v) is 15.0. The van der Waals surface area contributed by atoms with Gasteiger partial charge in [-0.1, -0.05) is 22.0 Å². The molecule has 1 aromatic carbocycles. The van der Waals surface area contributed by atoms with Gasteiger partial charge < -0.3 is 5.32 Å². The van der Waals surface area contributed by atoms with Crippen molar-refractivity contribution in [1.29, 1.82) is 0 Å². The molecule has 23 heavy (non-hydrogen) atoms. The molecule has 0 unspecified atom stereocenters. The molecule has 1 saturated heterocycles. The van der Waals surface area contributed by atoms with E-state index in [-0.39, 0.29) is 17.8 Å². The summed E-state index contributed by atoms with van der Waals surface area (Å²) in [5.74, 6) is -0.207. The number of nitrogens with one attached hydrogen (secondary N) is 1. The second-order valence-electron chi connectivity index (χ2n) is 5.77. The summed E-state index contributed by atoms with van der Waals surface area (Å²) in [7, 11) is 0. The number of likely N-dealkylation sites (tertiary alicyclic amines) is 1.